The lowest BCUT2D eigenvalue weighted by Gasteiger charge is -2.13. The highest BCUT2D eigenvalue weighted by Crippen LogP contribution is 2.28. The molecular formula is C20H20N2O4S. The highest BCUT2D eigenvalue weighted by atomic mass is 32.1. The van der Waals surface area contributed by atoms with E-state index in [9.17, 15) is 9.59 Å². The van der Waals surface area contributed by atoms with E-state index in [1.807, 2.05) is 30.3 Å². The van der Waals surface area contributed by atoms with Crippen molar-refractivity contribution in [2.75, 3.05) is 6.54 Å². The number of carbonyl (C=O) groups excluding carboxylic acids is 2. The second kappa shape index (κ2) is 8.64. The number of ether oxygens (including phenoxy) is 1. The maximum atomic E-state index is 12.4. The predicted molar refractivity (Wildman–Crippen MR) is 103 cm³/mol. The van der Waals surface area contributed by atoms with E-state index in [0.717, 1.165) is 5.56 Å². The van der Waals surface area contributed by atoms with Crippen LogP contribution in [0.2, 0.25) is 0 Å². The van der Waals surface area contributed by atoms with Gasteiger partial charge in [-0.3, -0.25) is 4.79 Å². The van der Waals surface area contributed by atoms with Gasteiger partial charge in [-0.2, -0.15) is 0 Å². The summed E-state index contributed by atoms with van der Waals surface area (Å²) in [6, 6.07) is 13.4. The smallest absolute Gasteiger partial charge is 0.358 e. The Hall–Kier alpha value is -2.93. The molecule has 0 saturated carbocycles. The largest absolute Gasteiger partial charge is 0.462 e. The van der Waals surface area contributed by atoms with Crippen molar-refractivity contribution in [2.45, 2.75) is 26.4 Å². The van der Waals surface area contributed by atoms with E-state index < -0.39 is 12.1 Å². The summed E-state index contributed by atoms with van der Waals surface area (Å²) in [7, 11) is 0. The van der Waals surface area contributed by atoms with Crippen molar-refractivity contribution in [3.63, 3.8) is 0 Å². The predicted octanol–water partition coefficient (Wildman–Crippen LogP) is 3.62. The van der Waals surface area contributed by atoms with E-state index in [1.165, 1.54) is 11.3 Å². The molecule has 3 rings (SSSR count). The first-order chi connectivity index (χ1) is 13.0. The number of nitrogens with one attached hydrogen (secondary N) is 1. The summed E-state index contributed by atoms with van der Waals surface area (Å²) in [5.41, 5.74) is 1.33. The fraction of sp³-hybridized carbons (Fsp3) is 0.250. The number of aryl methyl sites for hydroxylation is 1. The van der Waals surface area contributed by atoms with Gasteiger partial charge in [-0.25, -0.2) is 9.78 Å². The van der Waals surface area contributed by atoms with E-state index in [-0.39, 0.29) is 11.6 Å². The van der Waals surface area contributed by atoms with E-state index in [4.69, 9.17) is 9.15 Å². The Labute approximate surface area is 161 Å². The summed E-state index contributed by atoms with van der Waals surface area (Å²) >= 11 is 1.34. The lowest BCUT2D eigenvalue weighted by atomic mass is 10.1. The zero-order chi connectivity index (χ0) is 19.2. The van der Waals surface area contributed by atoms with Crippen LogP contribution < -0.4 is 5.32 Å². The number of amides is 1. The summed E-state index contributed by atoms with van der Waals surface area (Å²) in [4.78, 5) is 29.5. The van der Waals surface area contributed by atoms with Crippen molar-refractivity contribution >= 4 is 23.2 Å². The Balaban J connectivity index is 1.53. The highest BCUT2D eigenvalue weighted by molar-refractivity contribution is 7.15. The highest BCUT2D eigenvalue weighted by Gasteiger charge is 2.23. The monoisotopic (exact) mass is 384 g/mol. The molecule has 6 nitrogen and oxygen atoms in total. The van der Waals surface area contributed by atoms with Crippen molar-refractivity contribution in [2.24, 2.45) is 0 Å². The molecule has 140 valence electrons. The standard InChI is InChI=1S/C20H20N2O4S/c1-13(18(23)21-11-10-15-7-4-3-5-8-15)26-20(24)17-14(2)27-19(22-17)16-9-6-12-25-16/h3-9,12-13H,10-11H2,1-2H3,(H,21,23). The molecule has 0 aliphatic carbocycles. The summed E-state index contributed by atoms with van der Waals surface area (Å²) in [6.07, 6.45) is 1.36. The van der Waals surface area contributed by atoms with Crippen molar-refractivity contribution in [3.8, 4) is 10.8 Å². The molecule has 1 atom stereocenters. The molecule has 0 saturated heterocycles. The van der Waals surface area contributed by atoms with Gasteiger partial charge < -0.3 is 14.5 Å². The Morgan fingerprint density at radius 3 is 2.70 bits per heavy atom. The van der Waals surface area contributed by atoms with Crippen molar-refractivity contribution < 1.29 is 18.7 Å². The second-order valence-corrected chi connectivity index (χ2v) is 7.18. The number of hydrogen-bond acceptors (Lipinski definition) is 6. The summed E-state index contributed by atoms with van der Waals surface area (Å²) < 4.78 is 10.6. The molecule has 3 aromatic rings. The van der Waals surface area contributed by atoms with E-state index in [2.05, 4.69) is 10.3 Å². The quantitative estimate of drug-likeness (QED) is 0.629. The van der Waals surface area contributed by atoms with E-state index in [0.29, 0.717) is 28.6 Å². The first-order valence-electron chi connectivity index (χ1n) is 8.58. The molecule has 0 radical (unpaired) electrons. The van der Waals surface area contributed by atoms with Crippen LogP contribution in [-0.2, 0) is 16.0 Å². The maximum absolute atomic E-state index is 12.4. The van der Waals surface area contributed by atoms with Crippen molar-refractivity contribution in [1.82, 2.24) is 10.3 Å². The number of benzene rings is 1. The normalized spacial score (nSPS) is 11.8. The summed E-state index contributed by atoms with van der Waals surface area (Å²) in [6.45, 7) is 3.80. The number of carbonyl (C=O) groups is 2. The van der Waals surface area contributed by atoms with Gasteiger partial charge in [0.15, 0.2) is 22.6 Å². The number of rotatable bonds is 7. The fourth-order valence-corrected chi connectivity index (χ4v) is 3.35. The number of esters is 1. The maximum Gasteiger partial charge on any atom is 0.358 e. The third kappa shape index (κ3) is 4.83. The molecule has 0 spiro atoms. The lowest BCUT2D eigenvalue weighted by molar-refractivity contribution is -0.129. The van der Waals surface area contributed by atoms with Gasteiger partial charge in [0.1, 0.15) is 0 Å². The van der Waals surface area contributed by atoms with Gasteiger partial charge in [-0.1, -0.05) is 30.3 Å². The number of nitrogens with zero attached hydrogens (tertiary/aromatic N) is 1. The minimum Gasteiger partial charge on any atom is -0.462 e. The average Bonchev–Trinajstić information content (AvgIpc) is 3.32. The Bertz CT molecular complexity index is 903. The molecule has 0 aliphatic heterocycles. The number of thiazole rings is 1. The molecule has 2 aromatic heterocycles. The van der Waals surface area contributed by atoms with Gasteiger partial charge in [0.2, 0.25) is 0 Å². The molecule has 7 heteroatoms. The molecule has 1 aromatic carbocycles. The molecule has 0 aliphatic rings. The van der Waals surface area contributed by atoms with Crippen molar-refractivity contribution in [1.29, 1.82) is 0 Å². The SMILES string of the molecule is Cc1sc(-c2ccco2)nc1C(=O)OC(C)C(=O)NCCc1ccccc1. The van der Waals surface area contributed by atoms with Gasteiger partial charge >= 0.3 is 5.97 Å². The van der Waals surface area contributed by atoms with Crippen LogP contribution in [-0.4, -0.2) is 29.5 Å². The Morgan fingerprint density at radius 2 is 2.00 bits per heavy atom. The first-order valence-corrected chi connectivity index (χ1v) is 9.40. The van der Waals surface area contributed by atoms with Gasteiger partial charge in [-0.15, -0.1) is 11.3 Å². The van der Waals surface area contributed by atoms with Crippen LogP contribution in [0.1, 0.15) is 27.9 Å². The van der Waals surface area contributed by atoms with E-state index in [1.54, 1.807) is 32.2 Å². The summed E-state index contributed by atoms with van der Waals surface area (Å²) in [5, 5.41) is 3.38. The van der Waals surface area contributed by atoms with Crippen molar-refractivity contribution in [3.05, 3.63) is 64.9 Å². The minimum atomic E-state index is -0.901. The van der Waals surface area contributed by atoms with Crippen LogP contribution in [0.5, 0.6) is 0 Å². The third-order valence-corrected chi connectivity index (χ3v) is 4.92. The van der Waals surface area contributed by atoms with Gasteiger partial charge in [-0.05, 0) is 38.0 Å². The van der Waals surface area contributed by atoms with Crippen LogP contribution in [0, 0.1) is 6.92 Å². The lowest BCUT2D eigenvalue weighted by Crippen LogP contribution is -2.37. The molecule has 27 heavy (non-hydrogen) atoms. The van der Waals surface area contributed by atoms with Gasteiger partial charge in [0.25, 0.3) is 5.91 Å². The Kier molecular flexibility index (Phi) is 6.03. The summed E-state index contributed by atoms with van der Waals surface area (Å²) in [5.74, 6) is -0.362. The topological polar surface area (TPSA) is 81.4 Å². The third-order valence-electron chi connectivity index (χ3n) is 3.93. The zero-order valence-corrected chi connectivity index (χ0v) is 15.9. The van der Waals surface area contributed by atoms with Crippen LogP contribution in [0.15, 0.2) is 53.1 Å². The molecule has 1 amide bonds. The number of furan rings is 1. The second-order valence-electron chi connectivity index (χ2n) is 5.98. The fourth-order valence-electron chi connectivity index (χ4n) is 2.48. The minimum absolute atomic E-state index is 0.204. The van der Waals surface area contributed by atoms with Gasteiger partial charge in [0, 0.05) is 11.4 Å². The van der Waals surface area contributed by atoms with Crippen LogP contribution in [0.25, 0.3) is 10.8 Å². The molecule has 2 heterocycles. The van der Waals surface area contributed by atoms with Crippen LogP contribution >= 0.6 is 11.3 Å². The van der Waals surface area contributed by atoms with E-state index >= 15 is 0 Å². The number of hydrogen-bond donors (Lipinski definition) is 1. The zero-order valence-electron chi connectivity index (χ0n) is 15.1. The molecule has 1 N–H and O–H groups in total. The molecule has 0 bridgehead atoms. The average molecular weight is 384 g/mol. The molecular weight excluding hydrogens is 364 g/mol. The Morgan fingerprint density at radius 1 is 1.22 bits per heavy atom. The molecule has 0 fully saturated rings. The molecule has 1 unspecified atom stereocenters. The first kappa shape index (κ1) is 18.8. The van der Waals surface area contributed by atoms with Crippen LogP contribution in [0.4, 0.5) is 0 Å². The van der Waals surface area contributed by atoms with Crippen LogP contribution in [0.3, 0.4) is 0 Å². The number of aromatic nitrogens is 1. The van der Waals surface area contributed by atoms with Gasteiger partial charge in [0.05, 0.1) is 6.26 Å².